The fourth-order valence-electron chi connectivity index (χ4n) is 2.23. The molecule has 5 nitrogen and oxygen atoms in total. The van der Waals surface area contributed by atoms with Crippen molar-refractivity contribution in [3.63, 3.8) is 0 Å². The second-order valence-corrected chi connectivity index (χ2v) is 5.72. The molecule has 2 rings (SSSR count). The maximum absolute atomic E-state index is 12.1. The SMILES string of the molecule is C[C@@H](NC(=O)COC(=O)c1cccc(N(C)C)c1)c1ccccc1. The van der Waals surface area contributed by atoms with E-state index in [2.05, 4.69) is 5.32 Å². The summed E-state index contributed by atoms with van der Waals surface area (Å²) in [5.74, 6) is -0.843. The van der Waals surface area contributed by atoms with Crippen molar-refractivity contribution in [1.29, 1.82) is 0 Å². The molecule has 2 aromatic carbocycles. The highest BCUT2D eigenvalue weighted by molar-refractivity contribution is 5.92. The van der Waals surface area contributed by atoms with E-state index in [0.29, 0.717) is 5.56 Å². The molecule has 0 heterocycles. The summed E-state index contributed by atoms with van der Waals surface area (Å²) >= 11 is 0. The van der Waals surface area contributed by atoms with Crippen LogP contribution in [0.3, 0.4) is 0 Å². The van der Waals surface area contributed by atoms with Crippen molar-refractivity contribution in [2.45, 2.75) is 13.0 Å². The van der Waals surface area contributed by atoms with Gasteiger partial charge in [-0.05, 0) is 30.7 Å². The first-order valence-corrected chi connectivity index (χ1v) is 7.76. The lowest BCUT2D eigenvalue weighted by molar-refractivity contribution is -0.124. The minimum atomic E-state index is -0.513. The number of carbonyl (C=O) groups is 2. The lowest BCUT2D eigenvalue weighted by Crippen LogP contribution is -2.31. The van der Waals surface area contributed by atoms with Crippen LogP contribution in [0.5, 0.6) is 0 Å². The molecule has 0 saturated carbocycles. The Labute approximate surface area is 142 Å². The lowest BCUT2D eigenvalue weighted by Gasteiger charge is -2.15. The Morgan fingerprint density at radius 2 is 1.79 bits per heavy atom. The quantitative estimate of drug-likeness (QED) is 0.829. The van der Waals surface area contributed by atoms with E-state index in [1.807, 2.05) is 62.3 Å². The first-order valence-electron chi connectivity index (χ1n) is 7.76. The Hall–Kier alpha value is -2.82. The molecule has 0 aromatic heterocycles. The molecule has 0 aliphatic rings. The van der Waals surface area contributed by atoms with Gasteiger partial charge in [-0.25, -0.2) is 4.79 Å². The van der Waals surface area contributed by atoms with Crippen LogP contribution in [0, 0.1) is 0 Å². The molecule has 0 spiro atoms. The summed E-state index contributed by atoms with van der Waals surface area (Å²) in [5.41, 5.74) is 2.31. The van der Waals surface area contributed by atoms with Crippen LogP contribution in [0.15, 0.2) is 54.6 Å². The average Bonchev–Trinajstić information content (AvgIpc) is 2.60. The van der Waals surface area contributed by atoms with Gasteiger partial charge in [0.2, 0.25) is 0 Å². The fraction of sp³-hybridized carbons (Fsp3) is 0.263. The smallest absolute Gasteiger partial charge is 0.338 e. The summed E-state index contributed by atoms with van der Waals surface area (Å²) in [5, 5.41) is 2.81. The van der Waals surface area contributed by atoms with Gasteiger partial charge in [-0.15, -0.1) is 0 Å². The summed E-state index contributed by atoms with van der Waals surface area (Å²) in [6.07, 6.45) is 0. The molecule has 5 heteroatoms. The summed E-state index contributed by atoms with van der Waals surface area (Å²) in [4.78, 5) is 25.9. The predicted molar refractivity (Wildman–Crippen MR) is 94.1 cm³/mol. The lowest BCUT2D eigenvalue weighted by atomic mass is 10.1. The Bertz CT molecular complexity index is 699. The number of nitrogens with zero attached hydrogens (tertiary/aromatic N) is 1. The molecule has 0 unspecified atom stereocenters. The van der Waals surface area contributed by atoms with Crippen molar-refractivity contribution < 1.29 is 14.3 Å². The highest BCUT2D eigenvalue weighted by Gasteiger charge is 2.13. The van der Waals surface area contributed by atoms with Crippen LogP contribution in [0.4, 0.5) is 5.69 Å². The van der Waals surface area contributed by atoms with E-state index in [1.165, 1.54) is 0 Å². The summed E-state index contributed by atoms with van der Waals surface area (Å²) < 4.78 is 5.09. The molecule has 1 amide bonds. The van der Waals surface area contributed by atoms with Gasteiger partial charge in [-0.3, -0.25) is 4.79 Å². The van der Waals surface area contributed by atoms with Crippen molar-refractivity contribution in [1.82, 2.24) is 5.32 Å². The molecule has 0 fully saturated rings. The zero-order valence-electron chi connectivity index (χ0n) is 14.2. The van der Waals surface area contributed by atoms with Gasteiger partial charge in [0.05, 0.1) is 11.6 Å². The monoisotopic (exact) mass is 326 g/mol. The molecular formula is C19H22N2O3. The predicted octanol–water partition coefficient (Wildman–Crippen LogP) is 2.79. The van der Waals surface area contributed by atoms with E-state index in [9.17, 15) is 9.59 Å². The topological polar surface area (TPSA) is 58.6 Å². The summed E-state index contributed by atoms with van der Waals surface area (Å²) in [6, 6.07) is 16.5. The molecule has 0 bridgehead atoms. The molecular weight excluding hydrogens is 304 g/mol. The van der Waals surface area contributed by atoms with Gasteiger partial charge >= 0.3 is 5.97 Å². The van der Waals surface area contributed by atoms with Gasteiger partial charge in [0.25, 0.3) is 5.91 Å². The molecule has 2 aromatic rings. The fourth-order valence-corrected chi connectivity index (χ4v) is 2.23. The second-order valence-electron chi connectivity index (χ2n) is 5.72. The van der Waals surface area contributed by atoms with E-state index in [4.69, 9.17) is 4.74 Å². The van der Waals surface area contributed by atoms with Gasteiger partial charge in [-0.1, -0.05) is 36.4 Å². The summed E-state index contributed by atoms with van der Waals surface area (Å²) in [7, 11) is 3.78. The third-order valence-electron chi connectivity index (χ3n) is 3.61. The Morgan fingerprint density at radius 1 is 1.08 bits per heavy atom. The number of nitrogens with one attached hydrogen (secondary N) is 1. The third-order valence-corrected chi connectivity index (χ3v) is 3.61. The molecule has 126 valence electrons. The van der Waals surface area contributed by atoms with Gasteiger partial charge < -0.3 is 15.0 Å². The number of carbonyl (C=O) groups excluding carboxylic acids is 2. The van der Waals surface area contributed by atoms with E-state index in [0.717, 1.165) is 11.3 Å². The number of amides is 1. The van der Waals surface area contributed by atoms with Crippen LogP contribution in [0.1, 0.15) is 28.9 Å². The Morgan fingerprint density at radius 3 is 2.46 bits per heavy atom. The zero-order chi connectivity index (χ0) is 17.5. The van der Waals surface area contributed by atoms with Gasteiger partial charge in [-0.2, -0.15) is 0 Å². The number of anilines is 1. The molecule has 24 heavy (non-hydrogen) atoms. The normalized spacial score (nSPS) is 11.5. The summed E-state index contributed by atoms with van der Waals surface area (Å²) in [6.45, 7) is 1.58. The standard InChI is InChI=1S/C19H22N2O3/c1-14(15-8-5-4-6-9-15)20-18(22)13-24-19(23)16-10-7-11-17(12-16)21(2)3/h4-12,14H,13H2,1-3H3,(H,20,22)/t14-/m1/s1. The van der Waals surface area contributed by atoms with Gasteiger partial charge in [0, 0.05) is 19.8 Å². The van der Waals surface area contributed by atoms with Crippen molar-refractivity contribution >= 4 is 17.6 Å². The number of rotatable bonds is 6. The number of hydrogen-bond acceptors (Lipinski definition) is 4. The van der Waals surface area contributed by atoms with Crippen LogP contribution < -0.4 is 10.2 Å². The first-order chi connectivity index (χ1) is 11.5. The maximum atomic E-state index is 12.1. The van der Waals surface area contributed by atoms with Crippen LogP contribution in [0.25, 0.3) is 0 Å². The number of ether oxygens (including phenoxy) is 1. The maximum Gasteiger partial charge on any atom is 0.338 e. The number of benzene rings is 2. The van der Waals surface area contributed by atoms with Gasteiger partial charge in [0.15, 0.2) is 6.61 Å². The van der Waals surface area contributed by atoms with E-state index >= 15 is 0 Å². The highest BCUT2D eigenvalue weighted by Crippen LogP contribution is 2.14. The van der Waals surface area contributed by atoms with Crippen molar-refractivity contribution in [3.05, 3.63) is 65.7 Å². The van der Waals surface area contributed by atoms with Crippen molar-refractivity contribution in [2.24, 2.45) is 0 Å². The number of esters is 1. The average molecular weight is 326 g/mol. The first kappa shape index (κ1) is 17.5. The minimum Gasteiger partial charge on any atom is -0.452 e. The largest absolute Gasteiger partial charge is 0.452 e. The van der Waals surface area contributed by atoms with Crippen LogP contribution >= 0.6 is 0 Å². The van der Waals surface area contributed by atoms with E-state index in [1.54, 1.807) is 18.2 Å². The van der Waals surface area contributed by atoms with Crippen molar-refractivity contribution in [3.8, 4) is 0 Å². The highest BCUT2D eigenvalue weighted by atomic mass is 16.5. The molecule has 1 atom stereocenters. The van der Waals surface area contributed by atoms with Crippen LogP contribution in [-0.2, 0) is 9.53 Å². The van der Waals surface area contributed by atoms with E-state index < -0.39 is 5.97 Å². The molecule has 0 radical (unpaired) electrons. The zero-order valence-corrected chi connectivity index (χ0v) is 14.2. The third kappa shape index (κ3) is 4.84. The Kier molecular flexibility index (Phi) is 5.95. The minimum absolute atomic E-state index is 0.144. The Balaban J connectivity index is 1.87. The second kappa shape index (κ2) is 8.15. The van der Waals surface area contributed by atoms with Crippen molar-refractivity contribution in [2.75, 3.05) is 25.6 Å². The molecule has 0 aliphatic carbocycles. The number of hydrogen-bond donors (Lipinski definition) is 1. The van der Waals surface area contributed by atoms with Crippen LogP contribution in [0.2, 0.25) is 0 Å². The van der Waals surface area contributed by atoms with Crippen LogP contribution in [-0.4, -0.2) is 32.6 Å². The van der Waals surface area contributed by atoms with Gasteiger partial charge in [0.1, 0.15) is 0 Å². The molecule has 0 saturated heterocycles. The van der Waals surface area contributed by atoms with E-state index in [-0.39, 0.29) is 18.6 Å². The molecule has 1 N–H and O–H groups in total. The molecule has 0 aliphatic heterocycles.